The van der Waals surface area contributed by atoms with Crippen molar-refractivity contribution < 1.29 is 31.1 Å². The summed E-state index contributed by atoms with van der Waals surface area (Å²) in [6, 6.07) is 3.26. The molecule has 10 heteroatoms. The maximum Gasteiger partial charge on any atom is 0.433 e. The molecule has 2 aromatic heterocycles. The summed E-state index contributed by atoms with van der Waals surface area (Å²) in [5.74, 6) is 0.172. The fraction of sp³-hybridized carbons (Fsp3) is 0.250. The van der Waals surface area contributed by atoms with Crippen LogP contribution in [0.15, 0.2) is 46.0 Å². The Hall–Kier alpha value is -1.91. The Morgan fingerprint density at radius 2 is 2.05 bits per heavy atom. The molecule has 0 aromatic carbocycles. The van der Waals surface area contributed by atoms with E-state index in [1.54, 1.807) is 0 Å². The van der Waals surface area contributed by atoms with Gasteiger partial charge in [0.15, 0.2) is 0 Å². The molecule has 0 aliphatic carbocycles. The van der Waals surface area contributed by atoms with Crippen LogP contribution in [0.2, 0.25) is 0 Å². The van der Waals surface area contributed by atoms with Crippen LogP contribution < -0.4 is 4.72 Å². The lowest BCUT2D eigenvalue weighted by molar-refractivity contribution is -0.141. The van der Waals surface area contributed by atoms with Crippen molar-refractivity contribution in [2.24, 2.45) is 0 Å². The largest absolute Gasteiger partial charge is 0.468 e. The summed E-state index contributed by atoms with van der Waals surface area (Å²) in [6.07, 6.45) is -2.76. The molecule has 0 saturated heterocycles. The second-order valence-corrected chi connectivity index (χ2v) is 5.96. The molecule has 2 aromatic rings. The van der Waals surface area contributed by atoms with Crippen molar-refractivity contribution in [2.75, 3.05) is 6.61 Å². The van der Waals surface area contributed by atoms with Crippen molar-refractivity contribution in [3.05, 3.63) is 48.2 Å². The Balaban J connectivity index is 2.23. The van der Waals surface area contributed by atoms with Gasteiger partial charge in [-0.05, 0) is 24.3 Å². The van der Waals surface area contributed by atoms with Crippen molar-refractivity contribution in [3.63, 3.8) is 0 Å². The van der Waals surface area contributed by atoms with Gasteiger partial charge in [0.2, 0.25) is 10.0 Å². The topological polar surface area (TPSA) is 92.4 Å². The van der Waals surface area contributed by atoms with E-state index >= 15 is 0 Å². The number of aliphatic hydroxyl groups excluding tert-OH is 1. The molecule has 0 amide bonds. The van der Waals surface area contributed by atoms with Gasteiger partial charge >= 0.3 is 6.18 Å². The number of halogens is 3. The average Bonchev–Trinajstić information content (AvgIpc) is 2.98. The molecule has 0 bridgehead atoms. The van der Waals surface area contributed by atoms with Crippen LogP contribution >= 0.6 is 0 Å². The molecular formula is C12H11F3N2O4S. The molecule has 0 aliphatic heterocycles. The molecule has 1 atom stereocenters. The molecule has 2 heterocycles. The van der Waals surface area contributed by atoms with E-state index in [4.69, 9.17) is 4.42 Å². The molecule has 0 aliphatic rings. The van der Waals surface area contributed by atoms with Crippen LogP contribution in [-0.2, 0) is 16.2 Å². The predicted molar refractivity (Wildman–Crippen MR) is 68.1 cm³/mol. The van der Waals surface area contributed by atoms with Crippen molar-refractivity contribution in [1.29, 1.82) is 0 Å². The molecule has 1 unspecified atom stereocenters. The number of hydrogen-bond acceptors (Lipinski definition) is 5. The smallest absolute Gasteiger partial charge is 0.433 e. The Morgan fingerprint density at radius 3 is 2.50 bits per heavy atom. The van der Waals surface area contributed by atoms with Crippen molar-refractivity contribution in [1.82, 2.24) is 9.71 Å². The van der Waals surface area contributed by atoms with Gasteiger partial charge in [-0.25, -0.2) is 8.42 Å². The third kappa shape index (κ3) is 3.64. The van der Waals surface area contributed by atoms with Gasteiger partial charge in [0.25, 0.3) is 0 Å². The average molecular weight is 336 g/mol. The highest BCUT2D eigenvalue weighted by Gasteiger charge is 2.33. The minimum absolute atomic E-state index is 0.172. The van der Waals surface area contributed by atoms with Crippen molar-refractivity contribution >= 4 is 10.0 Å². The highest BCUT2D eigenvalue weighted by molar-refractivity contribution is 7.89. The van der Waals surface area contributed by atoms with Crippen LogP contribution in [0.4, 0.5) is 13.2 Å². The number of alkyl halides is 3. The first-order chi connectivity index (χ1) is 10.2. The second kappa shape index (κ2) is 6.07. The number of hydrogen-bond donors (Lipinski definition) is 2. The van der Waals surface area contributed by atoms with E-state index in [2.05, 4.69) is 9.71 Å². The lowest BCUT2D eigenvalue weighted by atomic mass is 10.2. The van der Waals surface area contributed by atoms with Crippen LogP contribution in [-0.4, -0.2) is 25.1 Å². The van der Waals surface area contributed by atoms with Crippen LogP contribution in [0.3, 0.4) is 0 Å². The minimum atomic E-state index is -4.66. The molecule has 0 radical (unpaired) electrons. The van der Waals surface area contributed by atoms with Gasteiger partial charge in [-0.1, -0.05) is 0 Å². The highest BCUT2D eigenvalue weighted by Crippen LogP contribution is 2.28. The maximum atomic E-state index is 12.4. The maximum absolute atomic E-state index is 12.4. The van der Waals surface area contributed by atoms with Crippen molar-refractivity contribution in [2.45, 2.75) is 17.1 Å². The second-order valence-electron chi connectivity index (χ2n) is 4.25. The summed E-state index contributed by atoms with van der Waals surface area (Å²) in [5.41, 5.74) is -1.20. The summed E-state index contributed by atoms with van der Waals surface area (Å²) in [4.78, 5) is 2.63. The fourth-order valence-corrected chi connectivity index (χ4v) is 2.78. The summed E-state index contributed by atoms with van der Waals surface area (Å²) < 4.78 is 68.4. The first-order valence-electron chi connectivity index (χ1n) is 5.94. The van der Waals surface area contributed by atoms with Gasteiger partial charge in [0, 0.05) is 6.20 Å². The number of sulfonamides is 1. The lowest BCUT2D eigenvalue weighted by Gasteiger charge is -2.14. The fourth-order valence-electron chi connectivity index (χ4n) is 1.64. The monoisotopic (exact) mass is 336 g/mol. The molecule has 6 nitrogen and oxygen atoms in total. The SMILES string of the molecule is O=S(=O)(NC(CO)c1ccco1)c1ccc(C(F)(F)F)nc1. The Kier molecular flexibility index (Phi) is 4.54. The summed E-state index contributed by atoms with van der Waals surface area (Å²) in [5, 5.41) is 9.21. The quantitative estimate of drug-likeness (QED) is 0.867. The Bertz CT molecular complexity index is 712. The first-order valence-corrected chi connectivity index (χ1v) is 7.42. The Morgan fingerprint density at radius 1 is 1.32 bits per heavy atom. The summed E-state index contributed by atoms with van der Waals surface area (Å²) >= 11 is 0. The van der Waals surface area contributed by atoms with E-state index < -0.39 is 39.4 Å². The highest BCUT2D eigenvalue weighted by atomic mass is 32.2. The van der Waals surface area contributed by atoms with Crippen LogP contribution in [0.5, 0.6) is 0 Å². The van der Waals surface area contributed by atoms with E-state index in [9.17, 15) is 26.7 Å². The number of rotatable bonds is 5. The number of aromatic nitrogens is 1. The first kappa shape index (κ1) is 16.5. The normalized spacial score (nSPS) is 14.0. The van der Waals surface area contributed by atoms with Gasteiger partial charge in [0.05, 0.1) is 12.9 Å². The Labute approximate surface area is 123 Å². The molecule has 2 rings (SSSR count). The lowest BCUT2D eigenvalue weighted by Crippen LogP contribution is -2.30. The van der Waals surface area contributed by atoms with E-state index in [0.717, 1.165) is 6.07 Å². The zero-order valence-electron chi connectivity index (χ0n) is 10.9. The third-order valence-electron chi connectivity index (χ3n) is 2.70. The standard InChI is InChI=1S/C12H11F3N2O4S/c13-12(14,15)11-4-3-8(6-16-11)22(19,20)17-9(7-18)10-2-1-5-21-10/h1-6,9,17-18H,7H2. The number of nitrogens with zero attached hydrogens (tertiary/aromatic N) is 1. The minimum Gasteiger partial charge on any atom is -0.468 e. The van der Waals surface area contributed by atoms with E-state index in [-0.39, 0.29) is 5.76 Å². The molecule has 0 saturated carbocycles. The van der Waals surface area contributed by atoms with E-state index in [1.807, 2.05) is 0 Å². The zero-order valence-corrected chi connectivity index (χ0v) is 11.7. The number of nitrogens with one attached hydrogen (secondary N) is 1. The van der Waals surface area contributed by atoms with E-state index in [1.165, 1.54) is 18.4 Å². The number of aliphatic hydroxyl groups is 1. The number of furan rings is 1. The molecule has 22 heavy (non-hydrogen) atoms. The summed E-state index contributed by atoms with van der Waals surface area (Å²) in [6.45, 7) is -0.583. The van der Waals surface area contributed by atoms with Crippen LogP contribution in [0.25, 0.3) is 0 Å². The number of pyridine rings is 1. The predicted octanol–water partition coefficient (Wildman–Crippen LogP) is 1.71. The van der Waals surface area contributed by atoms with Gasteiger partial charge in [-0.2, -0.15) is 17.9 Å². The molecule has 2 N–H and O–H groups in total. The van der Waals surface area contributed by atoms with Crippen LogP contribution in [0.1, 0.15) is 17.5 Å². The van der Waals surface area contributed by atoms with Gasteiger partial charge in [0.1, 0.15) is 22.4 Å². The molecule has 0 spiro atoms. The molecule has 120 valence electrons. The summed E-state index contributed by atoms with van der Waals surface area (Å²) in [7, 11) is -4.16. The van der Waals surface area contributed by atoms with Gasteiger partial charge < -0.3 is 9.52 Å². The third-order valence-corrected chi connectivity index (χ3v) is 4.16. The van der Waals surface area contributed by atoms with Gasteiger partial charge in [-0.3, -0.25) is 4.98 Å². The zero-order chi connectivity index (χ0) is 16.4. The molecule has 0 fully saturated rings. The van der Waals surface area contributed by atoms with Gasteiger partial charge in [-0.15, -0.1) is 0 Å². The van der Waals surface area contributed by atoms with Crippen molar-refractivity contribution in [3.8, 4) is 0 Å². The van der Waals surface area contributed by atoms with Crippen LogP contribution in [0, 0.1) is 0 Å². The van der Waals surface area contributed by atoms with E-state index in [0.29, 0.717) is 12.3 Å². The molecular weight excluding hydrogens is 325 g/mol.